The van der Waals surface area contributed by atoms with Gasteiger partial charge in [-0.3, -0.25) is 0 Å². The van der Waals surface area contributed by atoms with Crippen molar-refractivity contribution in [2.45, 2.75) is 45.1 Å². The molecule has 1 aliphatic carbocycles. The molecule has 0 unspecified atom stereocenters. The van der Waals surface area contributed by atoms with Crippen molar-refractivity contribution in [1.29, 1.82) is 0 Å². The molecule has 1 aliphatic heterocycles. The fourth-order valence-electron chi connectivity index (χ4n) is 3.17. The topological polar surface area (TPSA) is 21.3 Å². The van der Waals surface area contributed by atoms with Crippen LogP contribution in [0.25, 0.3) is 5.57 Å². The van der Waals surface area contributed by atoms with Gasteiger partial charge in [0.2, 0.25) is 0 Å². The first-order valence-electron chi connectivity index (χ1n) is 7.98. The molecule has 0 atom stereocenters. The highest BCUT2D eigenvalue weighted by molar-refractivity contribution is 5.67. The molecular formula is C18H25NO. The van der Waals surface area contributed by atoms with Crippen LogP contribution in [0.4, 0.5) is 0 Å². The molecule has 2 nitrogen and oxygen atoms in total. The zero-order valence-corrected chi connectivity index (χ0v) is 12.4. The zero-order chi connectivity index (χ0) is 13.8. The quantitative estimate of drug-likeness (QED) is 0.896. The van der Waals surface area contributed by atoms with E-state index in [9.17, 15) is 0 Å². The molecule has 0 bridgehead atoms. The first kappa shape index (κ1) is 13.7. The van der Waals surface area contributed by atoms with Gasteiger partial charge in [0, 0.05) is 6.54 Å². The van der Waals surface area contributed by atoms with E-state index in [1.165, 1.54) is 36.8 Å². The monoisotopic (exact) mass is 271 g/mol. The van der Waals surface area contributed by atoms with Crippen molar-refractivity contribution in [1.82, 2.24) is 5.32 Å². The molecule has 3 rings (SSSR count). The molecule has 1 N–H and O–H groups in total. The van der Waals surface area contributed by atoms with Crippen molar-refractivity contribution in [3.05, 3.63) is 35.9 Å². The van der Waals surface area contributed by atoms with Crippen LogP contribution < -0.4 is 10.1 Å². The minimum Gasteiger partial charge on any atom is -0.490 e. The van der Waals surface area contributed by atoms with Crippen LogP contribution in [-0.4, -0.2) is 19.2 Å². The Hall–Kier alpha value is -1.28. The van der Waals surface area contributed by atoms with Crippen LogP contribution in [0.5, 0.6) is 5.75 Å². The van der Waals surface area contributed by atoms with Crippen LogP contribution in [0.2, 0.25) is 0 Å². The first-order valence-corrected chi connectivity index (χ1v) is 7.98. The van der Waals surface area contributed by atoms with Gasteiger partial charge in [-0.25, -0.2) is 0 Å². The Labute approximate surface area is 122 Å². The highest BCUT2D eigenvalue weighted by Crippen LogP contribution is 2.28. The molecule has 20 heavy (non-hydrogen) atoms. The summed E-state index contributed by atoms with van der Waals surface area (Å²) < 4.78 is 6.11. The minimum atomic E-state index is 0.426. The predicted octanol–water partition coefficient (Wildman–Crippen LogP) is 4.02. The number of benzene rings is 1. The molecule has 108 valence electrons. The van der Waals surface area contributed by atoms with E-state index in [2.05, 4.69) is 42.6 Å². The fraction of sp³-hybridized carbons (Fsp3) is 0.556. The van der Waals surface area contributed by atoms with Gasteiger partial charge in [0.25, 0.3) is 0 Å². The third-order valence-corrected chi connectivity index (χ3v) is 4.55. The second-order valence-electron chi connectivity index (χ2n) is 6.21. The van der Waals surface area contributed by atoms with Crippen molar-refractivity contribution in [2.24, 2.45) is 5.92 Å². The van der Waals surface area contributed by atoms with Crippen LogP contribution in [0.3, 0.4) is 0 Å². The number of nitrogens with one attached hydrogen (secondary N) is 1. The fourth-order valence-corrected chi connectivity index (χ4v) is 3.17. The molecule has 1 saturated carbocycles. The van der Waals surface area contributed by atoms with E-state index >= 15 is 0 Å². The van der Waals surface area contributed by atoms with E-state index in [1.807, 2.05) is 0 Å². The van der Waals surface area contributed by atoms with E-state index in [4.69, 9.17) is 4.74 Å². The maximum Gasteiger partial charge on any atom is 0.119 e. The summed E-state index contributed by atoms with van der Waals surface area (Å²) in [5, 5.41) is 3.35. The third kappa shape index (κ3) is 3.43. The Morgan fingerprint density at radius 1 is 1.05 bits per heavy atom. The van der Waals surface area contributed by atoms with E-state index < -0.39 is 0 Å². The lowest BCUT2D eigenvalue weighted by Gasteiger charge is -2.27. The Bertz CT molecular complexity index is 455. The van der Waals surface area contributed by atoms with Gasteiger partial charge >= 0.3 is 0 Å². The van der Waals surface area contributed by atoms with Crippen LogP contribution in [0, 0.1) is 5.92 Å². The van der Waals surface area contributed by atoms with Gasteiger partial charge in [-0.1, -0.05) is 25.1 Å². The first-order chi connectivity index (χ1) is 9.81. The van der Waals surface area contributed by atoms with Crippen molar-refractivity contribution >= 4 is 5.57 Å². The smallest absolute Gasteiger partial charge is 0.119 e. The molecule has 0 saturated heterocycles. The largest absolute Gasteiger partial charge is 0.490 e. The summed E-state index contributed by atoms with van der Waals surface area (Å²) in [5.74, 6) is 1.91. The van der Waals surface area contributed by atoms with Gasteiger partial charge in [-0.05, 0) is 67.8 Å². The summed E-state index contributed by atoms with van der Waals surface area (Å²) in [7, 11) is 0. The molecule has 1 aromatic carbocycles. The number of ether oxygens (including phenoxy) is 1. The van der Waals surface area contributed by atoms with Crippen LogP contribution in [0.1, 0.15) is 44.6 Å². The number of rotatable bonds is 3. The summed E-state index contributed by atoms with van der Waals surface area (Å²) >= 11 is 0. The molecule has 0 radical (unpaired) electrons. The van der Waals surface area contributed by atoms with Crippen LogP contribution in [0.15, 0.2) is 30.3 Å². The Morgan fingerprint density at radius 3 is 2.45 bits per heavy atom. The molecule has 2 heteroatoms. The van der Waals surface area contributed by atoms with Gasteiger partial charge in [-0.2, -0.15) is 0 Å². The van der Waals surface area contributed by atoms with Crippen molar-refractivity contribution in [3.8, 4) is 5.75 Å². The lowest BCUT2D eigenvalue weighted by molar-refractivity contribution is 0.135. The molecule has 0 amide bonds. The van der Waals surface area contributed by atoms with Crippen molar-refractivity contribution in [2.75, 3.05) is 13.1 Å². The molecule has 1 aromatic rings. The maximum absolute atomic E-state index is 6.11. The SMILES string of the molecule is CC1CCC(Oc2ccc(C3=CCNCC3)cc2)CC1. The summed E-state index contributed by atoms with van der Waals surface area (Å²) in [5.41, 5.74) is 2.80. The highest BCUT2D eigenvalue weighted by Gasteiger charge is 2.19. The Kier molecular flexibility index (Phi) is 4.41. The Balaban J connectivity index is 1.60. The summed E-state index contributed by atoms with van der Waals surface area (Å²) in [4.78, 5) is 0. The Morgan fingerprint density at radius 2 is 1.80 bits per heavy atom. The number of hydrogen-bond acceptors (Lipinski definition) is 2. The van der Waals surface area contributed by atoms with E-state index in [-0.39, 0.29) is 0 Å². The van der Waals surface area contributed by atoms with Crippen molar-refractivity contribution < 1.29 is 4.74 Å². The summed E-state index contributed by atoms with van der Waals surface area (Å²) in [6.07, 6.45) is 8.88. The van der Waals surface area contributed by atoms with Gasteiger partial charge in [0.15, 0.2) is 0 Å². The highest BCUT2D eigenvalue weighted by atomic mass is 16.5. The number of hydrogen-bond donors (Lipinski definition) is 1. The molecule has 0 spiro atoms. The van der Waals surface area contributed by atoms with Gasteiger partial charge in [-0.15, -0.1) is 0 Å². The third-order valence-electron chi connectivity index (χ3n) is 4.55. The molecule has 0 aromatic heterocycles. The van der Waals surface area contributed by atoms with Gasteiger partial charge in [0.05, 0.1) is 6.10 Å². The predicted molar refractivity (Wildman–Crippen MR) is 84.0 cm³/mol. The molecule has 2 aliphatic rings. The summed E-state index contributed by atoms with van der Waals surface area (Å²) in [6.45, 7) is 4.43. The zero-order valence-electron chi connectivity index (χ0n) is 12.4. The second-order valence-corrected chi connectivity index (χ2v) is 6.21. The summed E-state index contributed by atoms with van der Waals surface area (Å²) in [6, 6.07) is 8.68. The van der Waals surface area contributed by atoms with E-state index in [0.29, 0.717) is 6.10 Å². The molecule has 1 heterocycles. The van der Waals surface area contributed by atoms with E-state index in [0.717, 1.165) is 31.2 Å². The average molecular weight is 271 g/mol. The van der Waals surface area contributed by atoms with Crippen LogP contribution >= 0.6 is 0 Å². The standard InChI is InChI=1S/C18H25NO/c1-14-2-6-17(7-3-14)20-18-8-4-15(5-9-18)16-10-12-19-13-11-16/h4-5,8-10,14,17,19H,2-3,6-7,11-13H2,1H3. The van der Waals surface area contributed by atoms with Gasteiger partial charge in [0.1, 0.15) is 5.75 Å². The van der Waals surface area contributed by atoms with Gasteiger partial charge < -0.3 is 10.1 Å². The van der Waals surface area contributed by atoms with E-state index in [1.54, 1.807) is 0 Å². The lowest BCUT2D eigenvalue weighted by atomic mass is 9.89. The lowest BCUT2D eigenvalue weighted by Crippen LogP contribution is -2.23. The molecular weight excluding hydrogens is 246 g/mol. The minimum absolute atomic E-state index is 0.426. The average Bonchev–Trinajstić information content (AvgIpc) is 2.51. The second kappa shape index (κ2) is 6.45. The maximum atomic E-state index is 6.11. The molecule has 1 fully saturated rings. The normalized spacial score (nSPS) is 26.9. The van der Waals surface area contributed by atoms with Crippen molar-refractivity contribution in [3.63, 3.8) is 0 Å². The van der Waals surface area contributed by atoms with Crippen LogP contribution in [-0.2, 0) is 0 Å².